The summed E-state index contributed by atoms with van der Waals surface area (Å²) >= 11 is 7.39. The molecule has 2 aromatic rings. The fourth-order valence-electron chi connectivity index (χ4n) is 1.71. The molecule has 0 radical (unpaired) electrons. The van der Waals surface area contributed by atoms with Crippen LogP contribution in [-0.4, -0.2) is 22.1 Å². The number of aromatic hydroxyl groups is 1. The molecule has 17 heavy (non-hydrogen) atoms. The van der Waals surface area contributed by atoms with Crippen molar-refractivity contribution in [1.29, 1.82) is 0 Å². The number of hydrogen-bond donors (Lipinski definition) is 1. The van der Waals surface area contributed by atoms with Gasteiger partial charge in [-0.15, -0.1) is 0 Å². The highest BCUT2D eigenvalue weighted by Gasteiger charge is 2.24. The second-order valence-corrected chi connectivity index (χ2v) is 5.06. The van der Waals surface area contributed by atoms with Crippen molar-refractivity contribution in [1.82, 2.24) is 9.97 Å². The smallest absolute Gasteiger partial charge is 0.165 e. The Hall–Kier alpha value is -1.46. The van der Waals surface area contributed by atoms with Crippen LogP contribution in [0.15, 0.2) is 34.4 Å². The lowest BCUT2D eigenvalue weighted by atomic mass is 10.2. The zero-order chi connectivity index (χ0) is 12.0. The molecule has 0 bridgehead atoms. The Morgan fingerprint density at radius 2 is 2.06 bits per heavy atom. The van der Waals surface area contributed by atoms with Crippen molar-refractivity contribution in [3.05, 3.63) is 29.5 Å². The second-order valence-electron chi connectivity index (χ2n) is 3.62. The molecule has 1 N–H and O–H groups in total. The summed E-state index contributed by atoms with van der Waals surface area (Å²) in [4.78, 5) is 11.4. The largest absolute Gasteiger partial charge is 0.506 e. The highest BCUT2D eigenvalue weighted by atomic mass is 35.5. The van der Waals surface area contributed by atoms with E-state index in [2.05, 4.69) is 9.97 Å². The van der Waals surface area contributed by atoms with E-state index in [9.17, 15) is 5.11 Å². The van der Waals surface area contributed by atoms with Gasteiger partial charge in [0.05, 0.1) is 10.7 Å². The minimum atomic E-state index is 0.0821. The Morgan fingerprint density at radius 1 is 1.29 bits per heavy atom. The van der Waals surface area contributed by atoms with E-state index in [1.54, 1.807) is 24.5 Å². The number of aromatic nitrogens is 2. The number of phenolic OH excluding ortho intramolecular Hbond substituents is 1. The zero-order valence-electron chi connectivity index (χ0n) is 8.88. The second kappa shape index (κ2) is 3.78. The van der Waals surface area contributed by atoms with Crippen LogP contribution in [0.1, 0.15) is 0 Å². The van der Waals surface area contributed by atoms with Crippen molar-refractivity contribution >= 4 is 34.9 Å². The molecule has 0 atom stereocenters. The summed E-state index contributed by atoms with van der Waals surface area (Å²) < 4.78 is 0. The Labute approximate surface area is 107 Å². The van der Waals surface area contributed by atoms with E-state index in [0.29, 0.717) is 5.02 Å². The lowest BCUT2D eigenvalue weighted by Crippen LogP contribution is -2.16. The van der Waals surface area contributed by atoms with Crippen LogP contribution >= 0.6 is 23.4 Å². The van der Waals surface area contributed by atoms with E-state index < -0.39 is 0 Å². The predicted octanol–water partition coefficient (Wildman–Crippen LogP) is 3.07. The van der Waals surface area contributed by atoms with E-state index in [0.717, 1.165) is 21.4 Å². The van der Waals surface area contributed by atoms with E-state index in [4.69, 9.17) is 11.6 Å². The third-order valence-electron chi connectivity index (χ3n) is 2.56. The summed E-state index contributed by atoms with van der Waals surface area (Å²) in [5.41, 5.74) is 0.922. The van der Waals surface area contributed by atoms with Crippen LogP contribution in [0.2, 0.25) is 5.02 Å². The van der Waals surface area contributed by atoms with Crippen LogP contribution in [-0.2, 0) is 0 Å². The summed E-state index contributed by atoms with van der Waals surface area (Å²) in [6.07, 6.45) is 3.31. The first kappa shape index (κ1) is 10.7. The van der Waals surface area contributed by atoms with Crippen LogP contribution in [0.25, 0.3) is 0 Å². The van der Waals surface area contributed by atoms with Gasteiger partial charge in [0.15, 0.2) is 5.82 Å². The molecular formula is C11H8ClN3OS. The number of rotatable bonds is 0. The number of anilines is 2. The maximum absolute atomic E-state index is 9.61. The fraction of sp³-hybridized carbons (Fsp3) is 0.0909. The van der Waals surface area contributed by atoms with E-state index >= 15 is 0 Å². The Bertz CT molecular complexity index is 605. The average molecular weight is 266 g/mol. The van der Waals surface area contributed by atoms with Gasteiger partial charge in [-0.2, -0.15) is 0 Å². The third-order valence-corrected chi connectivity index (χ3v) is 3.89. The highest BCUT2D eigenvalue weighted by molar-refractivity contribution is 7.99. The van der Waals surface area contributed by atoms with E-state index in [-0.39, 0.29) is 5.75 Å². The molecule has 0 aliphatic carbocycles. The van der Waals surface area contributed by atoms with Gasteiger partial charge in [-0.3, -0.25) is 0 Å². The van der Waals surface area contributed by atoms with Gasteiger partial charge in [0.25, 0.3) is 0 Å². The number of phenols is 1. The molecule has 0 saturated carbocycles. The van der Waals surface area contributed by atoms with Crippen LogP contribution in [0, 0.1) is 0 Å². The first-order chi connectivity index (χ1) is 8.16. The van der Waals surface area contributed by atoms with Crippen molar-refractivity contribution in [2.45, 2.75) is 9.92 Å². The molecule has 1 aromatic carbocycles. The summed E-state index contributed by atoms with van der Waals surface area (Å²) in [5, 5.41) is 10.8. The topological polar surface area (TPSA) is 49.2 Å². The molecule has 4 nitrogen and oxygen atoms in total. The molecule has 6 heteroatoms. The molecule has 0 fully saturated rings. The number of fused-ring (bicyclic) bond motifs is 2. The summed E-state index contributed by atoms with van der Waals surface area (Å²) in [6.45, 7) is 0. The lowest BCUT2D eigenvalue weighted by Gasteiger charge is -2.27. The van der Waals surface area contributed by atoms with Gasteiger partial charge in [0.1, 0.15) is 10.8 Å². The van der Waals surface area contributed by atoms with Crippen LogP contribution < -0.4 is 4.90 Å². The molecule has 86 valence electrons. The normalized spacial score (nSPS) is 13.2. The van der Waals surface area contributed by atoms with Gasteiger partial charge >= 0.3 is 0 Å². The van der Waals surface area contributed by atoms with Crippen LogP contribution in [0.4, 0.5) is 11.5 Å². The van der Waals surface area contributed by atoms with Crippen molar-refractivity contribution < 1.29 is 5.11 Å². The Morgan fingerprint density at radius 3 is 2.88 bits per heavy atom. The van der Waals surface area contributed by atoms with Gasteiger partial charge in [-0.05, 0) is 12.1 Å². The predicted molar refractivity (Wildman–Crippen MR) is 67.3 cm³/mol. The molecule has 1 aliphatic rings. The highest BCUT2D eigenvalue weighted by Crippen LogP contribution is 2.47. The van der Waals surface area contributed by atoms with Crippen LogP contribution in [0.3, 0.4) is 0 Å². The van der Waals surface area contributed by atoms with Gasteiger partial charge in [-0.1, -0.05) is 23.4 Å². The third kappa shape index (κ3) is 1.62. The minimum absolute atomic E-state index is 0.0821. The lowest BCUT2D eigenvalue weighted by molar-refractivity contribution is 0.474. The standard InChI is InChI=1S/C11H8ClN3OS/c1-15-7-4-6(12)8(16)5-9(7)17-11-10(15)13-2-3-14-11/h2-5,16H,1H3. The van der Waals surface area contributed by atoms with Gasteiger partial charge in [-0.25, -0.2) is 9.97 Å². The minimum Gasteiger partial charge on any atom is -0.506 e. The van der Waals surface area contributed by atoms with E-state index in [1.807, 2.05) is 11.9 Å². The molecule has 1 aromatic heterocycles. The summed E-state index contributed by atoms with van der Waals surface area (Å²) in [5.74, 6) is 0.880. The first-order valence-electron chi connectivity index (χ1n) is 4.92. The fourth-order valence-corrected chi connectivity index (χ4v) is 2.95. The molecule has 0 unspecified atom stereocenters. The maximum atomic E-state index is 9.61. The number of hydrogen-bond acceptors (Lipinski definition) is 5. The first-order valence-corrected chi connectivity index (χ1v) is 6.11. The van der Waals surface area contributed by atoms with Crippen molar-refractivity contribution in [2.75, 3.05) is 11.9 Å². The Kier molecular flexibility index (Phi) is 2.38. The van der Waals surface area contributed by atoms with Gasteiger partial charge in [0.2, 0.25) is 0 Å². The van der Waals surface area contributed by atoms with Crippen molar-refractivity contribution in [3.63, 3.8) is 0 Å². The zero-order valence-corrected chi connectivity index (χ0v) is 10.5. The van der Waals surface area contributed by atoms with E-state index in [1.165, 1.54) is 11.8 Å². The molecule has 0 spiro atoms. The number of nitrogens with zero attached hydrogens (tertiary/aromatic N) is 3. The molecule has 1 aliphatic heterocycles. The van der Waals surface area contributed by atoms with Gasteiger partial charge in [0, 0.05) is 24.3 Å². The molecule has 2 heterocycles. The maximum Gasteiger partial charge on any atom is 0.165 e. The summed E-state index contributed by atoms with van der Waals surface area (Å²) in [7, 11) is 1.90. The SMILES string of the molecule is CN1c2cc(Cl)c(O)cc2Sc2nccnc21. The molecule has 0 amide bonds. The molecule has 3 rings (SSSR count). The molecular weight excluding hydrogens is 258 g/mol. The number of halogens is 1. The quantitative estimate of drug-likeness (QED) is 0.793. The molecule has 0 saturated heterocycles. The van der Waals surface area contributed by atoms with Crippen LogP contribution in [0.5, 0.6) is 5.75 Å². The monoisotopic (exact) mass is 265 g/mol. The van der Waals surface area contributed by atoms with Crippen molar-refractivity contribution in [2.24, 2.45) is 0 Å². The summed E-state index contributed by atoms with van der Waals surface area (Å²) in [6, 6.07) is 3.38. The van der Waals surface area contributed by atoms with Crippen molar-refractivity contribution in [3.8, 4) is 5.75 Å². The number of benzene rings is 1. The van der Waals surface area contributed by atoms with Gasteiger partial charge < -0.3 is 10.0 Å². The average Bonchev–Trinajstić information content (AvgIpc) is 2.32. The Balaban J connectivity index is 2.20.